The maximum Gasteiger partial charge on any atom is 0.331 e. The molecule has 0 fully saturated rings. The van der Waals surface area contributed by atoms with Crippen LogP contribution in [0.1, 0.15) is 25.5 Å². The molecule has 1 aromatic rings. The first-order valence-electron chi connectivity index (χ1n) is 5.33. The van der Waals surface area contributed by atoms with Gasteiger partial charge in [-0.2, -0.15) is 0 Å². The van der Waals surface area contributed by atoms with E-state index in [-0.39, 0.29) is 23.0 Å². The molecule has 1 atom stereocenters. The Morgan fingerprint density at radius 3 is 2.50 bits per heavy atom. The minimum Gasteiger partial charge on any atom is -0.479 e. The minimum atomic E-state index is -1.19. The van der Waals surface area contributed by atoms with Crippen LogP contribution in [-0.4, -0.2) is 28.4 Å². The summed E-state index contributed by atoms with van der Waals surface area (Å²) in [5, 5.41) is 9.04. The number of likely N-dealkylation sites (N-methyl/N-ethyl adjacent to an activating group) is 1. The highest BCUT2D eigenvalue weighted by molar-refractivity contribution is 6.30. The monoisotopic (exact) mass is 273 g/mol. The molecule has 0 aromatic heterocycles. The smallest absolute Gasteiger partial charge is 0.331 e. The Balaban J connectivity index is 3.23. The molecule has 98 valence electrons. The number of amides is 1. The van der Waals surface area contributed by atoms with Crippen molar-refractivity contribution in [3.05, 3.63) is 34.6 Å². The second kappa shape index (κ2) is 5.82. The SMILES string of the molecule is CCN(C(C)=O)C(C(=O)O)c1ccc(F)c(Cl)c1. The lowest BCUT2D eigenvalue weighted by atomic mass is 10.1. The molecule has 6 heteroatoms. The van der Waals surface area contributed by atoms with Crippen molar-refractivity contribution in [3.63, 3.8) is 0 Å². The van der Waals surface area contributed by atoms with Gasteiger partial charge in [0.25, 0.3) is 0 Å². The lowest BCUT2D eigenvalue weighted by Crippen LogP contribution is -2.37. The molecular weight excluding hydrogens is 261 g/mol. The number of carboxylic acids is 1. The Labute approximate surface area is 109 Å². The zero-order valence-electron chi connectivity index (χ0n) is 9.98. The van der Waals surface area contributed by atoms with Crippen LogP contribution in [0.15, 0.2) is 18.2 Å². The highest BCUT2D eigenvalue weighted by atomic mass is 35.5. The number of carbonyl (C=O) groups is 2. The molecule has 1 aromatic carbocycles. The Kier molecular flexibility index (Phi) is 4.67. The molecule has 0 saturated heterocycles. The van der Waals surface area contributed by atoms with Crippen molar-refractivity contribution in [1.82, 2.24) is 4.90 Å². The van der Waals surface area contributed by atoms with E-state index in [1.54, 1.807) is 6.92 Å². The van der Waals surface area contributed by atoms with Crippen molar-refractivity contribution in [2.75, 3.05) is 6.54 Å². The summed E-state index contributed by atoms with van der Waals surface area (Å²) in [7, 11) is 0. The molecule has 0 aliphatic carbocycles. The zero-order valence-corrected chi connectivity index (χ0v) is 10.7. The molecule has 1 rings (SSSR count). The number of carbonyl (C=O) groups excluding carboxylic acids is 1. The van der Waals surface area contributed by atoms with Crippen LogP contribution in [0.2, 0.25) is 5.02 Å². The van der Waals surface area contributed by atoms with Crippen molar-refractivity contribution in [3.8, 4) is 0 Å². The fraction of sp³-hybridized carbons (Fsp3) is 0.333. The summed E-state index contributed by atoms with van der Waals surface area (Å²) >= 11 is 5.62. The third kappa shape index (κ3) is 2.98. The van der Waals surface area contributed by atoms with Crippen LogP contribution in [0.25, 0.3) is 0 Å². The summed E-state index contributed by atoms with van der Waals surface area (Å²) in [5.41, 5.74) is 0.269. The summed E-state index contributed by atoms with van der Waals surface area (Å²) in [6.45, 7) is 3.19. The van der Waals surface area contributed by atoms with E-state index in [0.29, 0.717) is 0 Å². The molecule has 0 aliphatic heterocycles. The van der Waals surface area contributed by atoms with Gasteiger partial charge in [-0.05, 0) is 24.6 Å². The highest BCUT2D eigenvalue weighted by Crippen LogP contribution is 2.25. The first kappa shape index (κ1) is 14.4. The summed E-state index contributed by atoms with van der Waals surface area (Å²) in [6, 6.07) is 2.46. The molecule has 18 heavy (non-hydrogen) atoms. The van der Waals surface area contributed by atoms with Gasteiger partial charge in [0.1, 0.15) is 5.82 Å². The predicted molar refractivity (Wildman–Crippen MR) is 64.8 cm³/mol. The van der Waals surface area contributed by atoms with Gasteiger partial charge in [0.05, 0.1) is 5.02 Å². The highest BCUT2D eigenvalue weighted by Gasteiger charge is 2.28. The van der Waals surface area contributed by atoms with E-state index in [1.807, 2.05) is 0 Å². The van der Waals surface area contributed by atoms with E-state index in [0.717, 1.165) is 6.07 Å². The number of carboxylic acid groups (broad SMARTS) is 1. The molecule has 0 bridgehead atoms. The first-order chi connectivity index (χ1) is 8.38. The Morgan fingerprint density at radius 1 is 1.50 bits per heavy atom. The van der Waals surface area contributed by atoms with Gasteiger partial charge < -0.3 is 10.0 Å². The van der Waals surface area contributed by atoms with Gasteiger partial charge >= 0.3 is 5.97 Å². The number of nitrogens with zero attached hydrogens (tertiary/aromatic N) is 1. The largest absolute Gasteiger partial charge is 0.479 e. The van der Waals surface area contributed by atoms with Crippen molar-refractivity contribution in [2.24, 2.45) is 0 Å². The van der Waals surface area contributed by atoms with E-state index in [9.17, 15) is 19.1 Å². The van der Waals surface area contributed by atoms with E-state index < -0.39 is 17.8 Å². The zero-order chi connectivity index (χ0) is 13.9. The van der Waals surface area contributed by atoms with Gasteiger partial charge in [0.15, 0.2) is 6.04 Å². The van der Waals surface area contributed by atoms with Crippen LogP contribution < -0.4 is 0 Å². The number of hydrogen-bond acceptors (Lipinski definition) is 2. The number of benzene rings is 1. The average Bonchev–Trinajstić information content (AvgIpc) is 2.28. The lowest BCUT2D eigenvalue weighted by molar-refractivity contribution is -0.149. The molecule has 1 unspecified atom stereocenters. The molecule has 0 saturated carbocycles. The number of rotatable bonds is 4. The number of aliphatic carboxylic acids is 1. The molecular formula is C12H13ClFNO3. The quantitative estimate of drug-likeness (QED) is 0.917. The molecule has 4 nitrogen and oxygen atoms in total. The summed E-state index contributed by atoms with van der Waals surface area (Å²) < 4.78 is 13.0. The molecule has 0 spiro atoms. The number of hydrogen-bond donors (Lipinski definition) is 1. The second-order valence-corrected chi connectivity index (χ2v) is 4.13. The summed E-state index contributed by atoms with van der Waals surface area (Å²) in [6.07, 6.45) is 0. The van der Waals surface area contributed by atoms with Gasteiger partial charge in [-0.1, -0.05) is 17.7 Å². The fourth-order valence-corrected chi connectivity index (χ4v) is 1.91. The van der Waals surface area contributed by atoms with Crippen molar-refractivity contribution in [1.29, 1.82) is 0 Å². The van der Waals surface area contributed by atoms with Crippen LogP contribution >= 0.6 is 11.6 Å². The molecule has 1 amide bonds. The van der Waals surface area contributed by atoms with Crippen molar-refractivity contribution >= 4 is 23.5 Å². The van der Waals surface area contributed by atoms with E-state index in [2.05, 4.69) is 0 Å². The van der Waals surface area contributed by atoms with Crippen LogP contribution in [0.3, 0.4) is 0 Å². The van der Waals surface area contributed by atoms with Gasteiger partial charge in [-0.15, -0.1) is 0 Å². The molecule has 0 heterocycles. The van der Waals surface area contributed by atoms with Crippen LogP contribution in [0, 0.1) is 5.82 Å². The third-order valence-corrected chi connectivity index (χ3v) is 2.84. The second-order valence-electron chi connectivity index (χ2n) is 3.72. The van der Waals surface area contributed by atoms with Gasteiger partial charge in [0, 0.05) is 13.5 Å². The van der Waals surface area contributed by atoms with Crippen LogP contribution in [-0.2, 0) is 9.59 Å². The number of halogens is 2. The lowest BCUT2D eigenvalue weighted by Gasteiger charge is -2.27. The molecule has 0 radical (unpaired) electrons. The summed E-state index contributed by atoms with van der Waals surface area (Å²) in [5.74, 6) is -2.18. The third-order valence-electron chi connectivity index (χ3n) is 2.55. The molecule has 0 aliphatic rings. The first-order valence-corrected chi connectivity index (χ1v) is 5.71. The van der Waals surface area contributed by atoms with Crippen LogP contribution in [0.4, 0.5) is 4.39 Å². The van der Waals surface area contributed by atoms with Crippen molar-refractivity contribution < 1.29 is 19.1 Å². The van der Waals surface area contributed by atoms with Crippen molar-refractivity contribution in [2.45, 2.75) is 19.9 Å². The minimum absolute atomic E-state index is 0.168. The van der Waals surface area contributed by atoms with E-state index in [1.165, 1.54) is 24.0 Å². The van der Waals surface area contributed by atoms with Gasteiger partial charge in [0.2, 0.25) is 5.91 Å². The topological polar surface area (TPSA) is 57.6 Å². The van der Waals surface area contributed by atoms with E-state index >= 15 is 0 Å². The molecule has 1 N–H and O–H groups in total. The summed E-state index contributed by atoms with van der Waals surface area (Å²) in [4.78, 5) is 23.8. The Hall–Kier alpha value is -1.62. The average molecular weight is 274 g/mol. The Morgan fingerprint density at radius 2 is 2.11 bits per heavy atom. The maximum absolute atomic E-state index is 13.0. The van der Waals surface area contributed by atoms with Crippen LogP contribution in [0.5, 0.6) is 0 Å². The van der Waals surface area contributed by atoms with E-state index in [4.69, 9.17) is 11.6 Å². The fourth-order valence-electron chi connectivity index (χ4n) is 1.73. The van der Waals surface area contributed by atoms with Gasteiger partial charge in [-0.25, -0.2) is 9.18 Å². The normalized spacial score (nSPS) is 12.0. The standard InChI is InChI=1S/C12H13ClFNO3/c1-3-15(7(2)16)11(12(17)18)8-4-5-10(14)9(13)6-8/h4-6,11H,3H2,1-2H3,(H,17,18). The maximum atomic E-state index is 13.0. The van der Waals surface area contributed by atoms with Gasteiger partial charge in [-0.3, -0.25) is 4.79 Å². The Bertz CT molecular complexity index is 478. The predicted octanol–water partition coefficient (Wildman–Crippen LogP) is 2.47.